The van der Waals surface area contributed by atoms with E-state index in [1.807, 2.05) is 0 Å². The molecule has 4 nitrogen and oxygen atoms in total. The Labute approximate surface area is 123 Å². The summed E-state index contributed by atoms with van der Waals surface area (Å²) in [5, 5.41) is 2.60. The van der Waals surface area contributed by atoms with Gasteiger partial charge in [-0.1, -0.05) is 0 Å². The molecule has 2 rings (SSSR count). The molecule has 1 aromatic heterocycles. The quantitative estimate of drug-likeness (QED) is 0.883. The molecule has 1 aromatic carbocycles. The van der Waals surface area contributed by atoms with Crippen LogP contribution in [0.1, 0.15) is 21.6 Å². The second-order valence-corrected chi connectivity index (χ2v) is 5.28. The summed E-state index contributed by atoms with van der Waals surface area (Å²) in [6.45, 7) is 3.40. The fourth-order valence-electron chi connectivity index (χ4n) is 1.72. The van der Waals surface area contributed by atoms with E-state index in [1.54, 1.807) is 13.8 Å². The van der Waals surface area contributed by atoms with Crippen LogP contribution in [-0.4, -0.2) is 10.9 Å². The molecule has 0 bridgehead atoms. The average Bonchev–Trinajstić information content (AvgIpc) is 2.35. The number of anilines is 1. The first-order valence-corrected chi connectivity index (χ1v) is 6.64. The lowest BCUT2D eigenvalue weighted by molar-refractivity contribution is 0.102. The molecule has 20 heavy (non-hydrogen) atoms. The van der Waals surface area contributed by atoms with Crippen molar-refractivity contribution in [1.29, 1.82) is 0 Å². The molecule has 0 unspecified atom stereocenters. The Hall–Kier alpha value is -1.95. The molecule has 2 aromatic rings. The van der Waals surface area contributed by atoms with Crippen LogP contribution in [-0.2, 0) is 0 Å². The summed E-state index contributed by atoms with van der Waals surface area (Å²) < 4.78 is 13.6. The fourth-order valence-corrected chi connectivity index (χ4v) is 2.06. The molecule has 0 aliphatic rings. The third kappa shape index (κ3) is 2.96. The number of aromatic nitrogens is 1. The van der Waals surface area contributed by atoms with Crippen LogP contribution in [0, 0.1) is 19.7 Å². The van der Waals surface area contributed by atoms with Crippen LogP contribution < -0.4 is 10.7 Å². The van der Waals surface area contributed by atoms with E-state index in [4.69, 9.17) is 0 Å². The van der Waals surface area contributed by atoms with E-state index in [2.05, 4.69) is 26.2 Å². The first kappa shape index (κ1) is 14.5. The van der Waals surface area contributed by atoms with Gasteiger partial charge in [-0.2, -0.15) is 0 Å². The third-order valence-corrected chi connectivity index (χ3v) is 3.43. The van der Waals surface area contributed by atoms with E-state index in [9.17, 15) is 14.0 Å². The summed E-state index contributed by atoms with van der Waals surface area (Å²) in [7, 11) is 0. The number of hydrogen-bond donors (Lipinski definition) is 2. The molecule has 104 valence electrons. The number of carbonyl (C=O) groups excluding carboxylic acids is 1. The maximum Gasteiger partial charge on any atom is 0.261 e. The van der Waals surface area contributed by atoms with Gasteiger partial charge in [-0.05, 0) is 47.5 Å². The summed E-state index contributed by atoms with van der Waals surface area (Å²) >= 11 is 3.06. The molecule has 0 radical (unpaired) electrons. The lowest BCUT2D eigenvalue weighted by Gasteiger charge is -2.09. The van der Waals surface area contributed by atoms with Gasteiger partial charge in [0.2, 0.25) is 0 Å². The zero-order chi connectivity index (χ0) is 14.9. The third-order valence-electron chi connectivity index (χ3n) is 2.82. The van der Waals surface area contributed by atoms with Crippen molar-refractivity contribution in [2.75, 3.05) is 5.32 Å². The van der Waals surface area contributed by atoms with Crippen LogP contribution in [0.15, 0.2) is 33.7 Å². The Balaban J connectivity index is 2.33. The maximum absolute atomic E-state index is 13.3. The summed E-state index contributed by atoms with van der Waals surface area (Å²) in [6.07, 6.45) is 1.36. The molecule has 1 heterocycles. The van der Waals surface area contributed by atoms with Gasteiger partial charge in [-0.15, -0.1) is 0 Å². The number of pyridine rings is 1. The summed E-state index contributed by atoms with van der Waals surface area (Å²) in [6, 6.07) is 4.12. The predicted octanol–water partition coefficient (Wildman–Crippen LogP) is 3.15. The molecule has 0 spiro atoms. The Morgan fingerprint density at radius 2 is 2.00 bits per heavy atom. The van der Waals surface area contributed by atoms with Gasteiger partial charge in [0, 0.05) is 23.6 Å². The van der Waals surface area contributed by atoms with Gasteiger partial charge in [0.25, 0.3) is 5.91 Å². The van der Waals surface area contributed by atoms with Crippen molar-refractivity contribution in [2.24, 2.45) is 0 Å². The van der Waals surface area contributed by atoms with Crippen LogP contribution in [0.4, 0.5) is 10.1 Å². The van der Waals surface area contributed by atoms with E-state index >= 15 is 0 Å². The largest absolute Gasteiger partial charge is 0.364 e. The van der Waals surface area contributed by atoms with Gasteiger partial charge >= 0.3 is 0 Å². The van der Waals surface area contributed by atoms with Crippen molar-refractivity contribution in [3.05, 3.63) is 61.7 Å². The fraction of sp³-hybridized carbons (Fsp3) is 0.143. The molecule has 0 atom stereocenters. The number of amides is 1. The molecule has 1 amide bonds. The van der Waals surface area contributed by atoms with Crippen molar-refractivity contribution >= 4 is 27.5 Å². The Morgan fingerprint density at radius 1 is 1.30 bits per heavy atom. The van der Waals surface area contributed by atoms with Crippen LogP contribution in [0.3, 0.4) is 0 Å². The number of halogens is 2. The van der Waals surface area contributed by atoms with Gasteiger partial charge in [-0.3, -0.25) is 9.59 Å². The first-order chi connectivity index (χ1) is 9.38. The van der Waals surface area contributed by atoms with Crippen molar-refractivity contribution < 1.29 is 9.18 Å². The minimum atomic E-state index is -0.534. The smallest absolute Gasteiger partial charge is 0.261 e. The Kier molecular flexibility index (Phi) is 4.04. The van der Waals surface area contributed by atoms with Gasteiger partial charge in [0.1, 0.15) is 11.4 Å². The number of carbonyl (C=O) groups is 1. The lowest BCUT2D eigenvalue weighted by atomic mass is 10.1. The van der Waals surface area contributed by atoms with Crippen molar-refractivity contribution in [3.8, 4) is 0 Å². The highest BCUT2D eigenvalue weighted by molar-refractivity contribution is 9.10. The predicted molar refractivity (Wildman–Crippen MR) is 78.6 cm³/mol. The van der Waals surface area contributed by atoms with Gasteiger partial charge in [0.05, 0.1) is 4.47 Å². The van der Waals surface area contributed by atoms with E-state index in [-0.39, 0.29) is 15.5 Å². The Bertz CT molecular complexity index is 740. The lowest BCUT2D eigenvalue weighted by Crippen LogP contribution is -2.22. The van der Waals surface area contributed by atoms with Crippen molar-refractivity contribution in [2.45, 2.75) is 13.8 Å². The minimum Gasteiger partial charge on any atom is -0.364 e. The molecule has 0 saturated heterocycles. The molecule has 6 heteroatoms. The molecule has 0 saturated carbocycles. The van der Waals surface area contributed by atoms with Crippen LogP contribution in [0.2, 0.25) is 0 Å². The topological polar surface area (TPSA) is 62.0 Å². The van der Waals surface area contributed by atoms with Gasteiger partial charge in [0.15, 0.2) is 5.43 Å². The second kappa shape index (κ2) is 5.58. The average molecular weight is 339 g/mol. The number of rotatable bonds is 2. The van der Waals surface area contributed by atoms with Crippen molar-refractivity contribution in [1.82, 2.24) is 4.98 Å². The molecule has 0 fully saturated rings. The molecule has 0 aliphatic carbocycles. The molecular formula is C14H12BrFN2O2. The summed E-state index contributed by atoms with van der Waals surface area (Å²) in [5.74, 6) is -0.943. The van der Waals surface area contributed by atoms with E-state index in [1.165, 1.54) is 24.4 Å². The molecular weight excluding hydrogens is 327 g/mol. The highest BCUT2D eigenvalue weighted by Gasteiger charge is 2.13. The number of H-pyrrole nitrogens is 1. The number of hydrogen-bond acceptors (Lipinski definition) is 2. The van der Waals surface area contributed by atoms with Gasteiger partial charge < -0.3 is 10.3 Å². The first-order valence-electron chi connectivity index (χ1n) is 5.85. The minimum absolute atomic E-state index is 0.00967. The van der Waals surface area contributed by atoms with E-state index in [0.29, 0.717) is 16.9 Å². The number of nitrogens with one attached hydrogen (secondary N) is 2. The number of aromatic amines is 1. The normalized spacial score (nSPS) is 10.4. The Morgan fingerprint density at radius 3 is 2.65 bits per heavy atom. The number of aryl methyl sites for hydroxylation is 2. The van der Waals surface area contributed by atoms with Gasteiger partial charge in [-0.25, -0.2) is 4.39 Å². The zero-order valence-electron chi connectivity index (χ0n) is 10.9. The second-order valence-electron chi connectivity index (χ2n) is 4.43. The van der Waals surface area contributed by atoms with Crippen LogP contribution in [0.5, 0.6) is 0 Å². The number of benzene rings is 1. The maximum atomic E-state index is 13.3. The summed E-state index contributed by atoms with van der Waals surface area (Å²) in [5.41, 5.74) is 1.34. The summed E-state index contributed by atoms with van der Waals surface area (Å²) in [4.78, 5) is 26.6. The van der Waals surface area contributed by atoms with Crippen molar-refractivity contribution in [3.63, 3.8) is 0 Å². The van der Waals surface area contributed by atoms with Crippen LogP contribution >= 0.6 is 15.9 Å². The monoisotopic (exact) mass is 338 g/mol. The standard InChI is InChI=1S/C14H12BrFN2O2/c1-7-3-11(16)10(15)5-12(7)18-14(20)9-6-17-8(2)4-13(9)19/h3-6H,1-2H3,(H,17,19)(H,18,20). The van der Waals surface area contributed by atoms with Crippen LogP contribution in [0.25, 0.3) is 0 Å². The van der Waals surface area contributed by atoms with E-state index < -0.39 is 11.7 Å². The zero-order valence-corrected chi connectivity index (χ0v) is 12.5. The highest BCUT2D eigenvalue weighted by Crippen LogP contribution is 2.24. The molecule has 0 aliphatic heterocycles. The van der Waals surface area contributed by atoms with E-state index in [0.717, 1.165) is 0 Å². The molecule has 2 N–H and O–H groups in total. The highest BCUT2D eigenvalue weighted by atomic mass is 79.9. The SMILES string of the molecule is Cc1cc(=O)c(C(=O)Nc2cc(Br)c(F)cc2C)c[nH]1.